The SMILES string of the molecule is CC(=O)Oc1cccc(C(=O)NCC2CCN(C(=O)C(F)(F)F)CC2)c1. The number of ether oxygens (including phenoxy) is 1. The second-order valence-electron chi connectivity index (χ2n) is 6.06. The lowest BCUT2D eigenvalue weighted by molar-refractivity contribution is -0.186. The van der Waals surface area contributed by atoms with E-state index >= 15 is 0 Å². The molecule has 0 radical (unpaired) electrons. The summed E-state index contributed by atoms with van der Waals surface area (Å²) in [5.41, 5.74) is 0.313. The van der Waals surface area contributed by atoms with E-state index in [1.165, 1.54) is 13.0 Å². The minimum atomic E-state index is -4.85. The Morgan fingerprint density at radius 3 is 2.46 bits per heavy atom. The molecule has 26 heavy (non-hydrogen) atoms. The molecule has 1 heterocycles. The molecule has 1 N–H and O–H groups in total. The Bertz CT molecular complexity index is 683. The van der Waals surface area contributed by atoms with Gasteiger partial charge in [0.05, 0.1) is 0 Å². The van der Waals surface area contributed by atoms with Gasteiger partial charge in [-0.05, 0) is 37.0 Å². The summed E-state index contributed by atoms with van der Waals surface area (Å²) < 4.78 is 42.1. The van der Waals surface area contributed by atoms with Crippen LogP contribution in [0, 0.1) is 5.92 Å². The summed E-state index contributed by atoms with van der Waals surface area (Å²) >= 11 is 0. The van der Waals surface area contributed by atoms with Gasteiger partial charge in [-0.2, -0.15) is 13.2 Å². The van der Waals surface area contributed by atoms with E-state index in [9.17, 15) is 27.6 Å². The van der Waals surface area contributed by atoms with E-state index in [2.05, 4.69) is 5.32 Å². The van der Waals surface area contributed by atoms with Crippen LogP contribution in [0.4, 0.5) is 13.2 Å². The first-order chi connectivity index (χ1) is 12.2. The van der Waals surface area contributed by atoms with E-state index in [-0.39, 0.29) is 30.7 Å². The van der Waals surface area contributed by atoms with Gasteiger partial charge < -0.3 is 15.0 Å². The van der Waals surface area contributed by atoms with Crippen LogP contribution in [0.5, 0.6) is 5.75 Å². The number of halogens is 3. The summed E-state index contributed by atoms with van der Waals surface area (Å²) in [6.45, 7) is 1.58. The third-order valence-corrected chi connectivity index (χ3v) is 4.05. The van der Waals surface area contributed by atoms with Crippen molar-refractivity contribution < 1.29 is 32.3 Å². The van der Waals surface area contributed by atoms with Gasteiger partial charge in [0.2, 0.25) is 0 Å². The number of alkyl halides is 3. The highest BCUT2D eigenvalue weighted by Gasteiger charge is 2.43. The van der Waals surface area contributed by atoms with Crippen molar-refractivity contribution in [3.63, 3.8) is 0 Å². The first kappa shape index (κ1) is 19.7. The smallest absolute Gasteiger partial charge is 0.427 e. The van der Waals surface area contributed by atoms with E-state index in [1.54, 1.807) is 18.2 Å². The Hall–Kier alpha value is -2.58. The van der Waals surface area contributed by atoms with E-state index in [4.69, 9.17) is 4.74 Å². The van der Waals surface area contributed by atoms with Crippen molar-refractivity contribution in [3.8, 4) is 5.75 Å². The fraction of sp³-hybridized carbons (Fsp3) is 0.471. The van der Waals surface area contributed by atoms with Crippen LogP contribution in [0.3, 0.4) is 0 Å². The van der Waals surface area contributed by atoms with Gasteiger partial charge in [-0.3, -0.25) is 14.4 Å². The van der Waals surface area contributed by atoms with Crippen molar-refractivity contribution in [2.24, 2.45) is 5.92 Å². The molecule has 142 valence electrons. The molecule has 2 amide bonds. The summed E-state index contributed by atoms with van der Waals surface area (Å²) in [7, 11) is 0. The molecule has 0 spiro atoms. The second-order valence-corrected chi connectivity index (χ2v) is 6.06. The van der Waals surface area contributed by atoms with Crippen molar-refractivity contribution in [2.45, 2.75) is 25.9 Å². The minimum Gasteiger partial charge on any atom is -0.427 e. The molecule has 0 aliphatic carbocycles. The van der Waals surface area contributed by atoms with Crippen LogP contribution in [0.2, 0.25) is 0 Å². The number of amides is 2. The van der Waals surface area contributed by atoms with E-state index < -0.39 is 18.1 Å². The van der Waals surface area contributed by atoms with Crippen LogP contribution in [0.25, 0.3) is 0 Å². The fourth-order valence-electron chi connectivity index (χ4n) is 2.73. The highest BCUT2D eigenvalue weighted by atomic mass is 19.4. The maximum absolute atomic E-state index is 12.4. The molecule has 1 aromatic rings. The quantitative estimate of drug-likeness (QED) is 0.649. The average Bonchev–Trinajstić information content (AvgIpc) is 2.58. The maximum atomic E-state index is 12.4. The number of carbonyl (C=O) groups excluding carboxylic acids is 3. The van der Waals surface area contributed by atoms with E-state index in [1.807, 2.05) is 0 Å². The molecule has 2 rings (SSSR count). The zero-order valence-electron chi connectivity index (χ0n) is 14.1. The summed E-state index contributed by atoms with van der Waals surface area (Å²) in [5, 5.41) is 2.72. The lowest BCUT2D eigenvalue weighted by Gasteiger charge is -2.32. The molecule has 1 aliphatic rings. The number of nitrogens with one attached hydrogen (secondary N) is 1. The van der Waals surface area contributed by atoms with E-state index in [0.29, 0.717) is 24.9 Å². The Morgan fingerprint density at radius 1 is 1.23 bits per heavy atom. The van der Waals surface area contributed by atoms with Crippen molar-refractivity contribution in [2.75, 3.05) is 19.6 Å². The summed E-state index contributed by atoms with van der Waals surface area (Å²) in [6, 6.07) is 6.12. The van der Waals surface area contributed by atoms with E-state index in [0.717, 1.165) is 4.90 Å². The van der Waals surface area contributed by atoms with Crippen LogP contribution in [-0.4, -0.2) is 48.5 Å². The van der Waals surface area contributed by atoms with Gasteiger partial charge in [-0.1, -0.05) is 6.07 Å². The van der Waals surface area contributed by atoms with Gasteiger partial charge in [0, 0.05) is 32.1 Å². The number of piperidine rings is 1. The highest BCUT2D eigenvalue weighted by Crippen LogP contribution is 2.23. The number of benzene rings is 1. The normalized spacial score (nSPS) is 15.5. The van der Waals surface area contributed by atoms with Gasteiger partial charge >= 0.3 is 18.1 Å². The van der Waals surface area contributed by atoms with Gasteiger partial charge in [-0.25, -0.2) is 0 Å². The zero-order valence-corrected chi connectivity index (χ0v) is 14.1. The molecule has 6 nitrogen and oxygen atoms in total. The van der Waals surface area contributed by atoms with Crippen LogP contribution in [0.1, 0.15) is 30.1 Å². The number of rotatable bonds is 4. The Morgan fingerprint density at radius 2 is 1.88 bits per heavy atom. The third kappa shape index (κ3) is 5.47. The lowest BCUT2D eigenvalue weighted by Crippen LogP contribution is -2.46. The number of likely N-dealkylation sites (tertiary alicyclic amines) is 1. The van der Waals surface area contributed by atoms with Gasteiger partial charge in [0.1, 0.15) is 5.75 Å². The highest BCUT2D eigenvalue weighted by molar-refractivity contribution is 5.94. The van der Waals surface area contributed by atoms with Crippen LogP contribution >= 0.6 is 0 Å². The monoisotopic (exact) mass is 372 g/mol. The van der Waals surface area contributed by atoms with Gasteiger partial charge in [0.25, 0.3) is 5.91 Å². The summed E-state index contributed by atoms with van der Waals surface area (Å²) in [5.74, 6) is -2.44. The molecule has 1 saturated heterocycles. The van der Waals surface area contributed by atoms with Crippen LogP contribution in [0.15, 0.2) is 24.3 Å². The largest absolute Gasteiger partial charge is 0.471 e. The average molecular weight is 372 g/mol. The number of nitrogens with zero attached hydrogens (tertiary/aromatic N) is 1. The third-order valence-electron chi connectivity index (χ3n) is 4.05. The molecule has 0 aromatic heterocycles. The molecule has 9 heteroatoms. The first-order valence-corrected chi connectivity index (χ1v) is 8.09. The van der Waals surface area contributed by atoms with Crippen molar-refractivity contribution in [1.82, 2.24) is 10.2 Å². The van der Waals surface area contributed by atoms with Crippen LogP contribution in [-0.2, 0) is 9.59 Å². The van der Waals surface area contributed by atoms with Crippen LogP contribution < -0.4 is 10.1 Å². The molecule has 0 atom stereocenters. The Kier molecular flexibility index (Phi) is 6.23. The molecule has 0 saturated carbocycles. The predicted octanol–water partition coefficient (Wildman–Crippen LogP) is 2.14. The number of carbonyl (C=O) groups is 3. The van der Waals surface area contributed by atoms with Crippen molar-refractivity contribution in [1.29, 1.82) is 0 Å². The molecule has 1 fully saturated rings. The molecule has 1 aromatic carbocycles. The Balaban J connectivity index is 1.82. The van der Waals surface area contributed by atoms with Crippen molar-refractivity contribution in [3.05, 3.63) is 29.8 Å². The molecular weight excluding hydrogens is 353 g/mol. The van der Waals surface area contributed by atoms with Gasteiger partial charge in [0.15, 0.2) is 0 Å². The standard InChI is InChI=1S/C17H19F3N2O4/c1-11(23)26-14-4-2-3-13(9-14)15(24)21-10-12-5-7-22(8-6-12)16(25)17(18,19)20/h2-4,9,12H,5-8,10H2,1H3,(H,21,24). The predicted molar refractivity (Wildman–Crippen MR) is 85.4 cm³/mol. The summed E-state index contributed by atoms with van der Waals surface area (Å²) in [4.78, 5) is 35.1. The zero-order chi connectivity index (χ0) is 19.3. The second kappa shape index (κ2) is 8.20. The van der Waals surface area contributed by atoms with Crippen molar-refractivity contribution >= 4 is 17.8 Å². The molecule has 0 bridgehead atoms. The molecule has 1 aliphatic heterocycles. The molecule has 0 unspecified atom stereocenters. The minimum absolute atomic E-state index is 0.00659. The topological polar surface area (TPSA) is 75.7 Å². The number of hydrogen-bond acceptors (Lipinski definition) is 4. The first-order valence-electron chi connectivity index (χ1n) is 8.09. The van der Waals surface area contributed by atoms with Gasteiger partial charge in [-0.15, -0.1) is 0 Å². The Labute approximate surface area is 148 Å². The summed E-state index contributed by atoms with van der Waals surface area (Å²) in [6.07, 6.45) is -4.08. The fourth-order valence-corrected chi connectivity index (χ4v) is 2.73. The molecular formula is C17H19F3N2O4. The number of hydrogen-bond donors (Lipinski definition) is 1. The number of esters is 1. The lowest BCUT2D eigenvalue weighted by atomic mass is 9.96. The maximum Gasteiger partial charge on any atom is 0.471 e.